The van der Waals surface area contributed by atoms with Crippen molar-refractivity contribution in [3.8, 4) is 11.6 Å². The number of nitrogens with zero attached hydrogens (tertiary/aromatic N) is 1. The van der Waals surface area contributed by atoms with Crippen LogP contribution in [-0.2, 0) is 13.1 Å². The molecule has 3 rings (SSSR count). The molecule has 0 aliphatic carbocycles. The highest BCUT2D eigenvalue weighted by molar-refractivity contribution is 7.10. The molecule has 130 valence electrons. The third kappa shape index (κ3) is 5.59. The average Bonchev–Trinajstić information content (AvgIpc) is 3.06. The van der Waals surface area contributed by atoms with Crippen molar-refractivity contribution in [2.24, 2.45) is 0 Å². The van der Waals surface area contributed by atoms with Crippen LogP contribution in [0.1, 0.15) is 16.0 Å². The maximum atomic E-state index is 5.61. The normalized spacial score (nSPS) is 10.6. The van der Waals surface area contributed by atoms with E-state index in [1.807, 2.05) is 48.7 Å². The molecule has 25 heavy (non-hydrogen) atoms. The van der Waals surface area contributed by atoms with Crippen LogP contribution in [0.3, 0.4) is 0 Å². The fraction of sp³-hybridized carbons (Fsp3) is 0.250. The topological polar surface area (TPSA) is 43.4 Å². The van der Waals surface area contributed by atoms with Crippen molar-refractivity contribution in [2.75, 3.05) is 13.2 Å². The van der Waals surface area contributed by atoms with E-state index in [1.54, 1.807) is 11.3 Å². The monoisotopic (exact) mass is 354 g/mol. The van der Waals surface area contributed by atoms with E-state index < -0.39 is 0 Å². The van der Waals surface area contributed by atoms with Gasteiger partial charge in [0.05, 0.1) is 0 Å². The van der Waals surface area contributed by atoms with Crippen molar-refractivity contribution in [1.29, 1.82) is 0 Å². The predicted molar refractivity (Wildman–Crippen MR) is 101 cm³/mol. The Balaban J connectivity index is 1.36. The van der Waals surface area contributed by atoms with E-state index >= 15 is 0 Å². The molecule has 0 radical (unpaired) electrons. The van der Waals surface area contributed by atoms with Gasteiger partial charge in [-0.25, -0.2) is 4.98 Å². The van der Waals surface area contributed by atoms with E-state index in [-0.39, 0.29) is 0 Å². The minimum absolute atomic E-state index is 0.469. The molecule has 0 unspecified atom stereocenters. The number of thiophene rings is 1. The van der Waals surface area contributed by atoms with Gasteiger partial charge in [-0.2, -0.15) is 0 Å². The highest BCUT2D eigenvalue weighted by Crippen LogP contribution is 2.15. The summed E-state index contributed by atoms with van der Waals surface area (Å²) in [5.74, 6) is 1.47. The Kier molecular flexibility index (Phi) is 6.42. The Labute approximate surface area is 152 Å². The Hall–Kier alpha value is -2.37. The summed E-state index contributed by atoms with van der Waals surface area (Å²) in [6.07, 6.45) is 1.85. The van der Waals surface area contributed by atoms with Crippen LogP contribution >= 0.6 is 11.3 Å². The first-order valence-electron chi connectivity index (χ1n) is 8.30. The van der Waals surface area contributed by atoms with Crippen LogP contribution in [0.2, 0.25) is 0 Å². The van der Waals surface area contributed by atoms with Crippen molar-refractivity contribution in [3.05, 3.63) is 76.1 Å². The minimum atomic E-state index is 0.469. The van der Waals surface area contributed by atoms with Crippen molar-refractivity contribution < 1.29 is 9.47 Å². The number of nitrogens with one attached hydrogen (secondary N) is 1. The van der Waals surface area contributed by atoms with Crippen molar-refractivity contribution >= 4 is 11.3 Å². The van der Waals surface area contributed by atoms with E-state index in [0.29, 0.717) is 19.1 Å². The lowest BCUT2D eigenvalue weighted by atomic mass is 10.2. The van der Waals surface area contributed by atoms with E-state index in [1.165, 1.54) is 10.4 Å². The number of hydrogen-bond donors (Lipinski definition) is 1. The molecule has 0 saturated carbocycles. The molecule has 2 aromatic heterocycles. The fourth-order valence-electron chi connectivity index (χ4n) is 2.33. The first-order valence-corrected chi connectivity index (χ1v) is 9.18. The van der Waals surface area contributed by atoms with Gasteiger partial charge in [-0.1, -0.05) is 24.3 Å². The van der Waals surface area contributed by atoms with Gasteiger partial charge in [0.1, 0.15) is 19.0 Å². The van der Waals surface area contributed by atoms with Gasteiger partial charge in [-0.05, 0) is 41.6 Å². The second-order valence-corrected chi connectivity index (χ2v) is 6.65. The summed E-state index contributed by atoms with van der Waals surface area (Å²) < 4.78 is 11.2. The summed E-state index contributed by atoms with van der Waals surface area (Å²) in [6, 6.07) is 15.8. The fourth-order valence-corrected chi connectivity index (χ4v) is 3.20. The summed E-state index contributed by atoms with van der Waals surface area (Å²) >= 11 is 1.79. The third-order valence-corrected chi connectivity index (χ3v) is 4.75. The number of aromatic nitrogens is 1. The molecule has 3 aromatic rings. The Morgan fingerprint density at radius 1 is 0.960 bits per heavy atom. The second-order valence-electron chi connectivity index (χ2n) is 5.65. The highest BCUT2D eigenvalue weighted by Gasteiger charge is 2.01. The highest BCUT2D eigenvalue weighted by atomic mass is 32.1. The van der Waals surface area contributed by atoms with E-state index in [2.05, 4.69) is 28.7 Å². The first-order chi connectivity index (χ1) is 12.3. The molecule has 0 saturated heterocycles. The van der Waals surface area contributed by atoms with Crippen LogP contribution in [0, 0.1) is 6.92 Å². The molecule has 5 heteroatoms. The largest absolute Gasteiger partial charge is 0.490 e. The molecule has 0 atom stereocenters. The molecule has 0 bridgehead atoms. The molecule has 0 aliphatic heterocycles. The molecule has 2 heterocycles. The van der Waals surface area contributed by atoms with Gasteiger partial charge in [0.25, 0.3) is 0 Å². The summed E-state index contributed by atoms with van der Waals surface area (Å²) in [4.78, 5) is 5.72. The van der Waals surface area contributed by atoms with Crippen LogP contribution in [0.5, 0.6) is 11.6 Å². The number of rotatable bonds is 9. The molecule has 4 nitrogen and oxygen atoms in total. The number of aryl methyl sites for hydroxylation is 1. The van der Waals surface area contributed by atoms with Gasteiger partial charge >= 0.3 is 0 Å². The lowest BCUT2D eigenvalue weighted by Gasteiger charge is -2.08. The summed E-state index contributed by atoms with van der Waals surface area (Å²) in [7, 11) is 0. The maximum Gasteiger partial charge on any atom is 0.213 e. The van der Waals surface area contributed by atoms with Crippen LogP contribution in [0.4, 0.5) is 0 Å². The number of benzene rings is 1. The molecule has 0 aliphatic rings. The zero-order valence-corrected chi connectivity index (χ0v) is 15.1. The molecule has 0 amide bonds. The summed E-state index contributed by atoms with van der Waals surface area (Å²) in [5.41, 5.74) is 2.49. The van der Waals surface area contributed by atoms with Crippen LogP contribution in [0.15, 0.2) is 60.1 Å². The van der Waals surface area contributed by atoms with Gasteiger partial charge in [0.2, 0.25) is 5.88 Å². The summed E-state index contributed by atoms with van der Waals surface area (Å²) in [5, 5.41) is 5.57. The van der Waals surface area contributed by atoms with Gasteiger partial charge in [-0.15, -0.1) is 11.3 Å². The predicted octanol–water partition coefficient (Wildman–Crippen LogP) is 4.20. The van der Waals surface area contributed by atoms with Crippen LogP contribution < -0.4 is 14.8 Å². The second kappa shape index (κ2) is 9.20. The van der Waals surface area contributed by atoms with Gasteiger partial charge in [0.15, 0.2) is 0 Å². The summed E-state index contributed by atoms with van der Waals surface area (Å²) in [6.45, 7) is 4.79. The lowest BCUT2D eigenvalue weighted by Crippen LogP contribution is -2.13. The Bertz CT molecular complexity index is 757. The van der Waals surface area contributed by atoms with Crippen molar-refractivity contribution in [2.45, 2.75) is 20.0 Å². The van der Waals surface area contributed by atoms with Gasteiger partial charge < -0.3 is 14.8 Å². The average molecular weight is 354 g/mol. The number of ether oxygens (including phenoxy) is 2. The first kappa shape index (κ1) is 17.5. The zero-order chi connectivity index (χ0) is 17.3. The van der Waals surface area contributed by atoms with Gasteiger partial charge in [0, 0.05) is 30.2 Å². The zero-order valence-electron chi connectivity index (χ0n) is 14.3. The molecule has 0 fully saturated rings. The maximum absolute atomic E-state index is 5.61. The quantitative estimate of drug-likeness (QED) is 0.585. The lowest BCUT2D eigenvalue weighted by molar-refractivity contribution is 0.212. The van der Waals surface area contributed by atoms with Crippen LogP contribution in [-0.4, -0.2) is 18.2 Å². The number of hydrogen-bond acceptors (Lipinski definition) is 5. The number of pyridine rings is 1. The molecular weight excluding hydrogens is 332 g/mol. The van der Waals surface area contributed by atoms with E-state index in [9.17, 15) is 0 Å². The Morgan fingerprint density at radius 2 is 1.80 bits per heavy atom. The van der Waals surface area contributed by atoms with E-state index in [0.717, 1.165) is 24.4 Å². The molecule has 1 aromatic carbocycles. The molecule has 1 N–H and O–H groups in total. The third-order valence-electron chi connectivity index (χ3n) is 3.73. The molecule has 0 spiro atoms. The SMILES string of the molecule is Cc1ccsc1CNCc1ccc(OCCOc2ccccc2)nc1. The number of para-hydroxylation sites is 1. The van der Waals surface area contributed by atoms with Crippen LogP contribution in [0.25, 0.3) is 0 Å². The van der Waals surface area contributed by atoms with Crippen molar-refractivity contribution in [3.63, 3.8) is 0 Å². The minimum Gasteiger partial charge on any atom is -0.490 e. The van der Waals surface area contributed by atoms with E-state index in [4.69, 9.17) is 9.47 Å². The smallest absolute Gasteiger partial charge is 0.213 e. The standard InChI is InChI=1S/C20H22N2O2S/c1-16-9-12-25-19(16)15-21-13-17-7-8-20(22-14-17)24-11-10-23-18-5-3-2-4-6-18/h2-9,12,14,21H,10-11,13,15H2,1H3. The van der Waals surface area contributed by atoms with Crippen molar-refractivity contribution in [1.82, 2.24) is 10.3 Å². The molecular formula is C20H22N2O2S. The Morgan fingerprint density at radius 3 is 2.52 bits per heavy atom. The van der Waals surface area contributed by atoms with Gasteiger partial charge in [-0.3, -0.25) is 0 Å².